The Kier molecular flexibility index (Phi) is 4.32. The third kappa shape index (κ3) is 3.03. The zero-order valence-corrected chi connectivity index (χ0v) is 15.6. The molecule has 0 aromatic heterocycles. The number of allylic oxidation sites excluding steroid dienone is 1. The zero-order valence-electron chi connectivity index (χ0n) is 15.6. The number of carbonyl (C=O) groups is 3. The van der Waals surface area contributed by atoms with Crippen LogP contribution in [0.15, 0.2) is 11.6 Å². The number of nitrogens with one attached hydrogen (secondary N) is 1. The van der Waals surface area contributed by atoms with Gasteiger partial charge in [-0.1, -0.05) is 5.57 Å². The largest absolute Gasteiger partial charge is 0.449 e. The van der Waals surface area contributed by atoms with Gasteiger partial charge in [-0.25, -0.2) is 9.59 Å². The maximum Gasteiger partial charge on any atom is 0.331 e. The van der Waals surface area contributed by atoms with Crippen LogP contribution in [0, 0.1) is 23.2 Å². The lowest BCUT2D eigenvalue weighted by atomic mass is 9.48. The average molecular weight is 360 g/mol. The molecule has 0 radical (unpaired) electrons. The Morgan fingerprint density at radius 2 is 1.77 bits per heavy atom. The number of urea groups is 1. The molecule has 142 valence electrons. The summed E-state index contributed by atoms with van der Waals surface area (Å²) >= 11 is 0. The minimum Gasteiger partial charge on any atom is -0.449 e. The minimum atomic E-state index is -0.952. The standard InChI is InChI=1S/C20H28N2O4/c1-12(20-9-14-6-15(10-20)8-16(7-14)11-20)5-17(23)26-13(2)18(24)22-4-3-21-19(22)25/h5,13-16H,3-4,6-11H2,1-2H3,(H,21,25)/b12-5-. The maximum absolute atomic E-state index is 12.4. The first-order valence-electron chi connectivity index (χ1n) is 9.85. The Morgan fingerprint density at radius 3 is 2.27 bits per heavy atom. The normalized spacial score (nSPS) is 36.8. The van der Waals surface area contributed by atoms with Crippen molar-refractivity contribution in [1.82, 2.24) is 10.2 Å². The molecular formula is C20H28N2O4. The van der Waals surface area contributed by atoms with Crippen molar-refractivity contribution in [2.24, 2.45) is 23.2 Å². The number of hydrogen-bond acceptors (Lipinski definition) is 4. The van der Waals surface area contributed by atoms with E-state index < -0.39 is 24.0 Å². The molecule has 1 atom stereocenters. The molecule has 4 aliphatic carbocycles. The molecule has 3 amide bonds. The fourth-order valence-corrected chi connectivity index (χ4v) is 6.08. The van der Waals surface area contributed by atoms with Crippen LogP contribution in [0.1, 0.15) is 52.4 Å². The molecule has 1 unspecified atom stereocenters. The van der Waals surface area contributed by atoms with Gasteiger partial charge < -0.3 is 10.1 Å². The first-order valence-corrected chi connectivity index (χ1v) is 9.85. The number of hydrogen-bond donors (Lipinski definition) is 1. The molecule has 6 heteroatoms. The van der Waals surface area contributed by atoms with E-state index in [4.69, 9.17) is 4.74 Å². The molecule has 1 N–H and O–H groups in total. The molecule has 1 saturated heterocycles. The van der Waals surface area contributed by atoms with E-state index in [2.05, 4.69) is 12.2 Å². The van der Waals surface area contributed by atoms with Crippen LogP contribution in [0.3, 0.4) is 0 Å². The molecule has 26 heavy (non-hydrogen) atoms. The smallest absolute Gasteiger partial charge is 0.331 e. The van der Waals surface area contributed by atoms with Crippen molar-refractivity contribution in [2.75, 3.05) is 13.1 Å². The van der Waals surface area contributed by atoms with Gasteiger partial charge in [0.15, 0.2) is 6.10 Å². The SMILES string of the molecule is C/C(=C/C(=O)OC(C)C(=O)N1CCNC1=O)C12CC3CC(CC(C3)C1)C2. The third-order valence-corrected chi connectivity index (χ3v) is 6.97. The van der Waals surface area contributed by atoms with E-state index in [1.807, 2.05) is 0 Å². The third-order valence-electron chi connectivity index (χ3n) is 6.97. The molecule has 0 spiro atoms. The Labute approximate surface area is 154 Å². The predicted molar refractivity (Wildman–Crippen MR) is 95.0 cm³/mol. The van der Waals surface area contributed by atoms with Crippen LogP contribution in [-0.2, 0) is 14.3 Å². The van der Waals surface area contributed by atoms with Crippen molar-refractivity contribution < 1.29 is 19.1 Å². The van der Waals surface area contributed by atoms with Gasteiger partial charge in [0, 0.05) is 19.2 Å². The van der Waals surface area contributed by atoms with Crippen molar-refractivity contribution in [3.63, 3.8) is 0 Å². The van der Waals surface area contributed by atoms with Gasteiger partial charge in [0.2, 0.25) is 0 Å². The second-order valence-electron chi connectivity index (χ2n) is 8.83. The Morgan fingerprint density at radius 1 is 1.19 bits per heavy atom. The average Bonchev–Trinajstić information content (AvgIpc) is 2.98. The van der Waals surface area contributed by atoms with E-state index in [0.29, 0.717) is 13.1 Å². The summed E-state index contributed by atoms with van der Waals surface area (Å²) in [4.78, 5) is 37.3. The van der Waals surface area contributed by atoms with Crippen molar-refractivity contribution in [3.8, 4) is 0 Å². The summed E-state index contributed by atoms with van der Waals surface area (Å²) in [6, 6.07) is -0.418. The quantitative estimate of drug-likeness (QED) is 0.618. The molecule has 6 nitrogen and oxygen atoms in total. The highest BCUT2D eigenvalue weighted by Gasteiger charge is 2.51. The summed E-state index contributed by atoms with van der Waals surface area (Å²) in [5, 5.41) is 2.58. The number of esters is 1. The van der Waals surface area contributed by atoms with Crippen molar-refractivity contribution in [2.45, 2.75) is 58.5 Å². The lowest BCUT2D eigenvalue weighted by molar-refractivity contribution is -0.153. The van der Waals surface area contributed by atoms with E-state index >= 15 is 0 Å². The number of amides is 3. The van der Waals surface area contributed by atoms with E-state index in [9.17, 15) is 14.4 Å². The van der Waals surface area contributed by atoms with Crippen LogP contribution < -0.4 is 5.32 Å². The van der Waals surface area contributed by atoms with Crippen molar-refractivity contribution in [3.05, 3.63) is 11.6 Å². The lowest BCUT2D eigenvalue weighted by Gasteiger charge is -2.57. The Hall–Kier alpha value is -1.85. The summed E-state index contributed by atoms with van der Waals surface area (Å²) in [7, 11) is 0. The van der Waals surface area contributed by atoms with E-state index in [0.717, 1.165) is 28.2 Å². The summed E-state index contributed by atoms with van der Waals surface area (Å²) in [5.74, 6) is 1.51. The Balaban J connectivity index is 1.40. The highest BCUT2D eigenvalue weighted by Crippen LogP contribution is 2.62. The van der Waals surface area contributed by atoms with E-state index in [-0.39, 0.29) is 5.41 Å². The zero-order chi connectivity index (χ0) is 18.5. The van der Waals surface area contributed by atoms with Gasteiger partial charge in [0.25, 0.3) is 5.91 Å². The van der Waals surface area contributed by atoms with E-state index in [1.165, 1.54) is 45.4 Å². The molecule has 1 heterocycles. The summed E-state index contributed by atoms with van der Waals surface area (Å²) in [5.41, 5.74) is 1.27. The molecule has 1 aliphatic heterocycles. The minimum absolute atomic E-state index is 0.163. The van der Waals surface area contributed by atoms with Crippen LogP contribution in [0.2, 0.25) is 0 Å². The molecule has 4 saturated carbocycles. The molecule has 0 aromatic rings. The summed E-state index contributed by atoms with van der Waals surface area (Å²) in [6.07, 6.45) is 8.31. The first-order chi connectivity index (χ1) is 12.4. The fourth-order valence-electron chi connectivity index (χ4n) is 6.08. The van der Waals surface area contributed by atoms with E-state index in [1.54, 1.807) is 6.08 Å². The van der Waals surface area contributed by atoms with Gasteiger partial charge >= 0.3 is 12.0 Å². The summed E-state index contributed by atoms with van der Waals surface area (Å²) in [6.45, 7) is 4.34. The van der Waals surface area contributed by atoms with Gasteiger partial charge in [-0.15, -0.1) is 0 Å². The van der Waals surface area contributed by atoms with Crippen LogP contribution in [-0.4, -0.2) is 42.0 Å². The number of nitrogens with zero attached hydrogens (tertiary/aromatic N) is 1. The second-order valence-corrected chi connectivity index (χ2v) is 8.83. The van der Waals surface area contributed by atoms with Gasteiger partial charge in [0.05, 0.1) is 0 Å². The molecule has 0 aromatic carbocycles. The monoisotopic (exact) mass is 360 g/mol. The van der Waals surface area contributed by atoms with Crippen molar-refractivity contribution >= 4 is 17.9 Å². The number of imide groups is 1. The predicted octanol–water partition coefficient (Wildman–Crippen LogP) is 2.63. The molecule has 4 bridgehead atoms. The number of carbonyl (C=O) groups excluding carboxylic acids is 3. The molecule has 5 aliphatic rings. The van der Waals surface area contributed by atoms with Gasteiger partial charge in [-0.2, -0.15) is 0 Å². The molecule has 5 rings (SSSR count). The van der Waals surface area contributed by atoms with Gasteiger partial charge in [0.1, 0.15) is 0 Å². The topological polar surface area (TPSA) is 75.7 Å². The molecular weight excluding hydrogens is 332 g/mol. The second kappa shape index (κ2) is 6.39. The van der Waals surface area contributed by atoms with Crippen LogP contribution in [0.4, 0.5) is 4.79 Å². The van der Waals surface area contributed by atoms with Gasteiger partial charge in [-0.05, 0) is 75.5 Å². The Bertz CT molecular complexity index is 633. The highest BCUT2D eigenvalue weighted by atomic mass is 16.5. The van der Waals surface area contributed by atoms with Crippen LogP contribution in [0.25, 0.3) is 0 Å². The van der Waals surface area contributed by atoms with Gasteiger partial charge in [-0.3, -0.25) is 9.69 Å². The number of rotatable bonds is 4. The molecule has 5 fully saturated rings. The highest BCUT2D eigenvalue weighted by molar-refractivity contribution is 5.98. The van der Waals surface area contributed by atoms with Crippen molar-refractivity contribution in [1.29, 1.82) is 0 Å². The lowest BCUT2D eigenvalue weighted by Crippen LogP contribution is -2.46. The summed E-state index contributed by atoms with van der Waals surface area (Å²) < 4.78 is 5.32. The maximum atomic E-state index is 12.4. The first kappa shape index (κ1) is 17.6. The van der Waals surface area contributed by atoms with Crippen LogP contribution >= 0.6 is 0 Å². The number of ether oxygens (including phenoxy) is 1. The fraction of sp³-hybridized carbons (Fsp3) is 0.750. The van der Waals surface area contributed by atoms with Crippen LogP contribution in [0.5, 0.6) is 0 Å².